The Morgan fingerprint density at radius 2 is 1.93 bits per heavy atom. The summed E-state index contributed by atoms with van der Waals surface area (Å²) in [4.78, 5) is 4.55. The van der Waals surface area contributed by atoms with Gasteiger partial charge in [0.15, 0.2) is 11.5 Å². The average molecular weight is 393 g/mol. The molecule has 0 radical (unpaired) electrons. The summed E-state index contributed by atoms with van der Waals surface area (Å²) >= 11 is 6.56. The van der Waals surface area contributed by atoms with Crippen LogP contribution in [0.1, 0.15) is 39.0 Å². The van der Waals surface area contributed by atoms with Crippen molar-refractivity contribution in [3.05, 3.63) is 29.5 Å². The van der Waals surface area contributed by atoms with Crippen molar-refractivity contribution in [1.29, 1.82) is 0 Å². The molecule has 0 bridgehead atoms. The maximum absolute atomic E-state index is 9.33. The first-order valence-electron chi connectivity index (χ1n) is 9.78. The van der Waals surface area contributed by atoms with Crippen LogP contribution in [0, 0.1) is 11.8 Å². The summed E-state index contributed by atoms with van der Waals surface area (Å²) in [6, 6.07) is 3.73. The van der Waals surface area contributed by atoms with E-state index in [1.807, 2.05) is 24.5 Å². The number of ether oxygens (including phenoxy) is 2. The van der Waals surface area contributed by atoms with Gasteiger partial charge in [0.25, 0.3) is 0 Å². The molecule has 1 N–H and O–H groups in total. The van der Waals surface area contributed by atoms with E-state index >= 15 is 0 Å². The Morgan fingerprint density at radius 3 is 2.59 bits per heavy atom. The van der Waals surface area contributed by atoms with E-state index < -0.39 is 0 Å². The van der Waals surface area contributed by atoms with Crippen LogP contribution in [0.2, 0.25) is 5.02 Å². The van der Waals surface area contributed by atoms with Crippen LogP contribution < -0.4 is 9.47 Å². The molecule has 0 spiro atoms. The van der Waals surface area contributed by atoms with E-state index in [0.29, 0.717) is 41.6 Å². The van der Waals surface area contributed by atoms with Gasteiger partial charge in [-0.15, -0.1) is 0 Å². The standard InChI is InChI=1S/C21H29ClN2O3/c1-3-10-27-20-12-18(22)17(11-19(20)26-2)21-23-8-9-24(21)13-15-4-6-16(14-25)7-5-15/h8-9,11-12,15-16,25H,3-7,10,13-14H2,1-2H3. The average Bonchev–Trinajstić information content (AvgIpc) is 3.14. The van der Waals surface area contributed by atoms with Crippen molar-refractivity contribution in [2.45, 2.75) is 45.6 Å². The summed E-state index contributed by atoms with van der Waals surface area (Å²) in [5.41, 5.74) is 0.853. The van der Waals surface area contributed by atoms with E-state index in [2.05, 4.69) is 16.5 Å². The van der Waals surface area contributed by atoms with Gasteiger partial charge >= 0.3 is 0 Å². The molecule has 1 aromatic heterocycles. The predicted octanol–water partition coefficient (Wildman–Crippen LogP) is 4.80. The summed E-state index contributed by atoms with van der Waals surface area (Å²) in [7, 11) is 1.64. The van der Waals surface area contributed by atoms with Crippen LogP contribution in [0.15, 0.2) is 24.5 Å². The van der Waals surface area contributed by atoms with Gasteiger partial charge in [0.1, 0.15) is 5.82 Å². The van der Waals surface area contributed by atoms with E-state index in [-0.39, 0.29) is 0 Å². The Kier molecular flexibility index (Phi) is 7.02. The van der Waals surface area contributed by atoms with E-state index in [9.17, 15) is 5.11 Å². The number of imidazole rings is 1. The van der Waals surface area contributed by atoms with Crippen LogP contribution >= 0.6 is 11.6 Å². The van der Waals surface area contributed by atoms with E-state index in [4.69, 9.17) is 21.1 Å². The second kappa shape index (κ2) is 9.47. The van der Waals surface area contributed by atoms with Crippen molar-refractivity contribution in [2.75, 3.05) is 20.3 Å². The second-order valence-electron chi connectivity index (χ2n) is 7.30. The molecule has 0 aliphatic heterocycles. The van der Waals surface area contributed by atoms with Gasteiger partial charge in [-0.3, -0.25) is 0 Å². The topological polar surface area (TPSA) is 56.5 Å². The minimum atomic E-state index is 0.310. The monoisotopic (exact) mass is 392 g/mol. The number of aromatic nitrogens is 2. The first kappa shape index (κ1) is 20.0. The molecule has 2 aromatic rings. The fourth-order valence-corrected chi connectivity index (χ4v) is 4.00. The lowest BCUT2D eigenvalue weighted by Crippen LogP contribution is -2.21. The lowest BCUT2D eigenvalue weighted by atomic mass is 9.82. The third-order valence-corrected chi connectivity index (χ3v) is 5.66. The molecule has 1 aliphatic carbocycles. The highest BCUT2D eigenvalue weighted by molar-refractivity contribution is 6.33. The molecule has 1 aromatic carbocycles. The molecule has 1 saturated carbocycles. The Bertz CT molecular complexity index is 739. The molecule has 3 rings (SSSR count). The highest BCUT2D eigenvalue weighted by atomic mass is 35.5. The van der Waals surface area contributed by atoms with Gasteiger partial charge in [0.2, 0.25) is 0 Å². The Morgan fingerprint density at radius 1 is 1.19 bits per heavy atom. The minimum absolute atomic E-state index is 0.310. The number of halogens is 1. The Labute approximate surface area is 166 Å². The molecule has 1 fully saturated rings. The van der Waals surface area contributed by atoms with Crippen LogP contribution in [-0.4, -0.2) is 35.0 Å². The zero-order chi connectivity index (χ0) is 19.2. The number of aliphatic hydroxyl groups excluding tert-OH is 1. The zero-order valence-electron chi connectivity index (χ0n) is 16.2. The molecule has 5 nitrogen and oxygen atoms in total. The van der Waals surface area contributed by atoms with Crippen molar-refractivity contribution in [3.8, 4) is 22.9 Å². The highest BCUT2D eigenvalue weighted by Gasteiger charge is 2.22. The smallest absolute Gasteiger partial charge is 0.162 e. The molecule has 0 atom stereocenters. The number of methoxy groups -OCH3 is 1. The van der Waals surface area contributed by atoms with Crippen molar-refractivity contribution in [2.24, 2.45) is 11.8 Å². The molecular weight excluding hydrogens is 364 g/mol. The van der Waals surface area contributed by atoms with E-state index in [1.54, 1.807) is 7.11 Å². The third kappa shape index (κ3) is 4.77. The molecule has 0 unspecified atom stereocenters. The summed E-state index contributed by atoms with van der Waals surface area (Å²) in [5, 5.41) is 9.94. The second-order valence-corrected chi connectivity index (χ2v) is 7.71. The predicted molar refractivity (Wildman–Crippen MR) is 108 cm³/mol. The number of aliphatic hydroxyl groups is 1. The molecule has 6 heteroatoms. The zero-order valence-corrected chi connectivity index (χ0v) is 16.9. The molecule has 0 amide bonds. The molecule has 1 heterocycles. The van der Waals surface area contributed by atoms with Gasteiger partial charge in [-0.1, -0.05) is 18.5 Å². The number of nitrogens with zero attached hydrogens (tertiary/aromatic N) is 2. The highest BCUT2D eigenvalue weighted by Crippen LogP contribution is 2.38. The van der Waals surface area contributed by atoms with Crippen LogP contribution in [0.5, 0.6) is 11.5 Å². The number of hydrogen-bond donors (Lipinski definition) is 1. The van der Waals surface area contributed by atoms with Crippen molar-refractivity contribution in [1.82, 2.24) is 9.55 Å². The first-order chi connectivity index (χ1) is 13.2. The quantitative estimate of drug-likeness (QED) is 0.701. The Hall–Kier alpha value is -1.72. The minimum Gasteiger partial charge on any atom is -0.493 e. The normalized spacial score (nSPS) is 19.9. The van der Waals surface area contributed by atoms with Gasteiger partial charge in [-0.05, 0) is 50.0 Å². The molecule has 0 saturated heterocycles. The maximum Gasteiger partial charge on any atom is 0.162 e. The molecular formula is C21H29ClN2O3. The van der Waals surface area contributed by atoms with Gasteiger partial charge < -0.3 is 19.1 Å². The number of benzene rings is 1. The summed E-state index contributed by atoms with van der Waals surface area (Å²) in [6.45, 7) is 3.91. The largest absolute Gasteiger partial charge is 0.493 e. The SMILES string of the molecule is CCCOc1cc(Cl)c(-c2nccn2CC2CCC(CO)CC2)cc1OC. The van der Waals surface area contributed by atoms with Gasteiger partial charge in [-0.2, -0.15) is 0 Å². The maximum atomic E-state index is 9.33. The van der Waals surface area contributed by atoms with Crippen molar-refractivity contribution < 1.29 is 14.6 Å². The number of rotatable bonds is 8. The molecule has 1 aliphatic rings. The fraction of sp³-hybridized carbons (Fsp3) is 0.571. The third-order valence-electron chi connectivity index (χ3n) is 5.35. The molecule has 27 heavy (non-hydrogen) atoms. The Balaban J connectivity index is 1.80. The summed E-state index contributed by atoms with van der Waals surface area (Å²) in [6.07, 6.45) is 9.24. The van der Waals surface area contributed by atoms with Crippen LogP contribution in [0.3, 0.4) is 0 Å². The summed E-state index contributed by atoms with van der Waals surface area (Å²) in [5.74, 6) is 3.26. The van der Waals surface area contributed by atoms with E-state index in [1.165, 1.54) is 0 Å². The van der Waals surface area contributed by atoms with Crippen LogP contribution in [-0.2, 0) is 6.54 Å². The molecule has 148 valence electrons. The van der Waals surface area contributed by atoms with Crippen molar-refractivity contribution >= 4 is 11.6 Å². The summed E-state index contributed by atoms with van der Waals surface area (Å²) < 4.78 is 13.4. The van der Waals surface area contributed by atoms with Gasteiger partial charge in [0, 0.05) is 37.2 Å². The van der Waals surface area contributed by atoms with Crippen LogP contribution in [0.4, 0.5) is 0 Å². The lowest BCUT2D eigenvalue weighted by Gasteiger charge is -2.28. The fourth-order valence-electron chi connectivity index (χ4n) is 3.77. The van der Waals surface area contributed by atoms with Crippen LogP contribution in [0.25, 0.3) is 11.4 Å². The van der Waals surface area contributed by atoms with Crippen molar-refractivity contribution in [3.63, 3.8) is 0 Å². The number of hydrogen-bond acceptors (Lipinski definition) is 4. The van der Waals surface area contributed by atoms with Gasteiger partial charge in [0.05, 0.1) is 18.7 Å². The first-order valence-corrected chi connectivity index (χ1v) is 10.2. The van der Waals surface area contributed by atoms with E-state index in [0.717, 1.165) is 50.0 Å². The lowest BCUT2D eigenvalue weighted by molar-refractivity contribution is 0.161. The van der Waals surface area contributed by atoms with Gasteiger partial charge in [-0.25, -0.2) is 4.98 Å².